The van der Waals surface area contributed by atoms with Gasteiger partial charge < -0.3 is 10.5 Å². The number of benzene rings is 1. The van der Waals surface area contributed by atoms with E-state index in [0.29, 0.717) is 5.41 Å². The largest absolute Gasteiger partial charge is 0.381 e. The van der Waals surface area contributed by atoms with Gasteiger partial charge in [0.25, 0.3) is 0 Å². The molecule has 1 saturated carbocycles. The van der Waals surface area contributed by atoms with Gasteiger partial charge in [-0.15, -0.1) is 11.8 Å². The smallest absolute Gasteiger partial charge is 0.0471 e. The highest BCUT2D eigenvalue weighted by molar-refractivity contribution is 8.00. The van der Waals surface area contributed by atoms with E-state index < -0.39 is 0 Å². The van der Waals surface area contributed by atoms with Crippen molar-refractivity contribution >= 4 is 11.8 Å². The number of nitrogens with two attached hydrogens (primary N) is 1. The van der Waals surface area contributed by atoms with E-state index in [0.717, 1.165) is 19.8 Å². The Morgan fingerprint density at radius 3 is 2.39 bits per heavy atom. The Morgan fingerprint density at radius 1 is 1.11 bits per heavy atom. The summed E-state index contributed by atoms with van der Waals surface area (Å²) in [5.74, 6) is 0. The lowest BCUT2D eigenvalue weighted by molar-refractivity contribution is -0.0451. The highest BCUT2D eigenvalue weighted by atomic mass is 32.2. The van der Waals surface area contributed by atoms with E-state index in [9.17, 15) is 0 Å². The molecule has 0 atom stereocenters. The summed E-state index contributed by atoms with van der Waals surface area (Å²) in [4.78, 5) is 1.35. The third-order valence-electron chi connectivity index (χ3n) is 4.40. The van der Waals surface area contributed by atoms with E-state index >= 15 is 0 Å². The predicted molar refractivity (Wildman–Crippen MR) is 75.8 cm³/mol. The van der Waals surface area contributed by atoms with Crippen LogP contribution in [0.2, 0.25) is 0 Å². The minimum Gasteiger partial charge on any atom is -0.381 e. The Hall–Kier alpha value is -0.510. The van der Waals surface area contributed by atoms with E-state index in [4.69, 9.17) is 10.5 Å². The van der Waals surface area contributed by atoms with Crippen molar-refractivity contribution in [3.63, 3.8) is 0 Å². The lowest BCUT2D eigenvalue weighted by Crippen LogP contribution is -2.55. The van der Waals surface area contributed by atoms with Gasteiger partial charge in [0.05, 0.1) is 0 Å². The molecule has 3 heteroatoms. The normalized spacial score (nSPS) is 24.7. The first-order valence-electron chi connectivity index (χ1n) is 6.78. The van der Waals surface area contributed by atoms with Gasteiger partial charge in [-0.2, -0.15) is 0 Å². The Balaban J connectivity index is 1.67. The Morgan fingerprint density at radius 2 is 1.78 bits per heavy atom. The van der Waals surface area contributed by atoms with Crippen molar-refractivity contribution in [3.05, 3.63) is 30.3 Å². The maximum Gasteiger partial charge on any atom is 0.0471 e. The molecule has 2 nitrogen and oxygen atoms in total. The summed E-state index contributed by atoms with van der Waals surface area (Å²) in [6, 6.07) is 10.7. The fourth-order valence-corrected chi connectivity index (χ4v) is 5.10. The zero-order valence-corrected chi connectivity index (χ0v) is 11.5. The molecule has 2 aliphatic rings. The van der Waals surface area contributed by atoms with Crippen molar-refractivity contribution in [2.24, 2.45) is 11.1 Å². The third kappa shape index (κ3) is 2.31. The molecule has 1 saturated heterocycles. The molecule has 0 radical (unpaired) electrons. The van der Waals surface area contributed by atoms with Crippen LogP contribution in [0.25, 0.3) is 0 Å². The summed E-state index contributed by atoms with van der Waals surface area (Å²) in [6.45, 7) is 2.67. The summed E-state index contributed by atoms with van der Waals surface area (Å²) < 4.78 is 5.76. The zero-order chi connectivity index (χ0) is 12.5. The molecule has 1 aromatic rings. The zero-order valence-electron chi connectivity index (χ0n) is 10.7. The second-order valence-electron chi connectivity index (χ2n) is 5.77. The van der Waals surface area contributed by atoms with E-state index in [2.05, 4.69) is 30.3 Å². The van der Waals surface area contributed by atoms with Crippen LogP contribution in [-0.2, 0) is 4.74 Å². The van der Waals surface area contributed by atoms with Crippen LogP contribution in [0, 0.1) is 5.41 Å². The number of rotatable bonds is 3. The minimum absolute atomic E-state index is 0.276. The molecule has 0 unspecified atom stereocenters. The first kappa shape index (κ1) is 12.5. The van der Waals surface area contributed by atoms with E-state index in [-0.39, 0.29) is 4.75 Å². The van der Waals surface area contributed by atoms with Crippen LogP contribution in [0.3, 0.4) is 0 Å². The molecule has 3 rings (SSSR count). The molecule has 1 aromatic carbocycles. The van der Waals surface area contributed by atoms with Gasteiger partial charge in [0.2, 0.25) is 0 Å². The maximum absolute atomic E-state index is 6.05. The summed E-state index contributed by atoms with van der Waals surface area (Å²) in [5.41, 5.74) is 6.60. The van der Waals surface area contributed by atoms with Crippen molar-refractivity contribution in [1.29, 1.82) is 0 Å². The van der Waals surface area contributed by atoms with Crippen LogP contribution < -0.4 is 5.73 Å². The van der Waals surface area contributed by atoms with E-state index in [1.165, 1.54) is 30.6 Å². The topological polar surface area (TPSA) is 35.2 Å². The lowest BCUT2D eigenvalue weighted by atomic mass is 9.57. The van der Waals surface area contributed by atoms with Crippen LogP contribution in [-0.4, -0.2) is 24.5 Å². The van der Waals surface area contributed by atoms with Gasteiger partial charge in [0.1, 0.15) is 0 Å². The molecule has 1 heterocycles. The van der Waals surface area contributed by atoms with Crippen molar-refractivity contribution in [3.8, 4) is 0 Å². The van der Waals surface area contributed by atoms with E-state index in [1.807, 2.05) is 11.8 Å². The van der Waals surface area contributed by atoms with Gasteiger partial charge in [-0.05, 0) is 43.2 Å². The molecule has 0 bridgehead atoms. The van der Waals surface area contributed by atoms with Crippen molar-refractivity contribution in [1.82, 2.24) is 0 Å². The Kier molecular flexibility index (Phi) is 3.39. The molecule has 18 heavy (non-hydrogen) atoms. The Labute approximate surface area is 113 Å². The SMILES string of the molecule is NCC1(Sc2ccccc2)CC2(CCOCC2)C1. The van der Waals surface area contributed by atoms with Gasteiger partial charge >= 0.3 is 0 Å². The molecule has 1 spiro atoms. The van der Waals surface area contributed by atoms with Crippen molar-refractivity contribution in [2.45, 2.75) is 35.3 Å². The first-order valence-corrected chi connectivity index (χ1v) is 7.60. The summed E-state index contributed by atoms with van der Waals surface area (Å²) >= 11 is 1.98. The molecule has 1 aliphatic carbocycles. The standard InChI is InChI=1S/C15H21NOS/c16-12-15(18-13-4-2-1-3-5-13)10-14(11-15)6-8-17-9-7-14/h1-5H,6-12,16H2. The van der Waals surface area contributed by atoms with Crippen LogP contribution in [0.1, 0.15) is 25.7 Å². The highest BCUT2D eigenvalue weighted by Crippen LogP contribution is 2.61. The summed E-state index contributed by atoms with van der Waals surface area (Å²) in [7, 11) is 0. The van der Waals surface area contributed by atoms with Crippen LogP contribution in [0.15, 0.2) is 35.2 Å². The molecule has 0 aromatic heterocycles. The maximum atomic E-state index is 6.05. The predicted octanol–water partition coefficient (Wildman–Crippen LogP) is 3.07. The van der Waals surface area contributed by atoms with Gasteiger partial charge in [-0.25, -0.2) is 0 Å². The Bertz CT molecular complexity index is 392. The minimum atomic E-state index is 0.276. The molecule has 2 fully saturated rings. The molecule has 0 amide bonds. The van der Waals surface area contributed by atoms with Crippen molar-refractivity contribution in [2.75, 3.05) is 19.8 Å². The number of thioether (sulfide) groups is 1. The van der Waals surface area contributed by atoms with Crippen LogP contribution in [0.4, 0.5) is 0 Å². The number of hydrogen-bond acceptors (Lipinski definition) is 3. The number of hydrogen-bond donors (Lipinski definition) is 1. The van der Waals surface area contributed by atoms with Crippen molar-refractivity contribution < 1.29 is 4.74 Å². The van der Waals surface area contributed by atoms with Gasteiger partial charge in [-0.1, -0.05) is 18.2 Å². The highest BCUT2D eigenvalue weighted by Gasteiger charge is 2.54. The van der Waals surface area contributed by atoms with Crippen LogP contribution in [0.5, 0.6) is 0 Å². The summed E-state index contributed by atoms with van der Waals surface area (Å²) in [6.07, 6.45) is 4.98. The second kappa shape index (κ2) is 4.87. The number of ether oxygens (including phenoxy) is 1. The molecule has 2 N–H and O–H groups in total. The fourth-order valence-electron chi connectivity index (χ4n) is 3.47. The van der Waals surface area contributed by atoms with Gasteiger partial charge in [-0.3, -0.25) is 0 Å². The van der Waals surface area contributed by atoms with Crippen LogP contribution >= 0.6 is 11.8 Å². The molecule has 98 valence electrons. The average molecular weight is 263 g/mol. The van der Waals surface area contributed by atoms with E-state index in [1.54, 1.807) is 0 Å². The second-order valence-corrected chi connectivity index (χ2v) is 7.31. The third-order valence-corrected chi connectivity index (χ3v) is 5.79. The molecule has 1 aliphatic heterocycles. The lowest BCUT2D eigenvalue weighted by Gasteiger charge is -2.57. The first-order chi connectivity index (χ1) is 8.76. The monoisotopic (exact) mass is 263 g/mol. The average Bonchev–Trinajstić information content (AvgIpc) is 2.39. The molecular formula is C15H21NOS. The molecular weight excluding hydrogens is 242 g/mol. The summed E-state index contributed by atoms with van der Waals surface area (Å²) in [5, 5.41) is 0. The van der Waals surface area contributed by atoms with Gasteiger partial charge in [0, 0.05) is 29.4 Å². The quantitative estimate of drug-likeness (QED) is 0.910. The fraction of sp³-hybridized carbons (Fsp3) is 0.600. The van der Waals surface area contributed by atoms with Gasteiger partial charge in [0.15, 0.2) is 0 Å².